The lowest BCUT2D eigenvalue weighted by atomic mass is 9.99. The molecule has 0 aliphatic carbocycles. The van der Waals surface area contributed by atoms with E-state index in [0.29, 0.717) is 23.0 Å². The van der Waals surface area contributed by atoms with Crippen LogP contribution in [0.15, 0.2) is 18.2 Å². The molecular weight excluding hydrogens is 296 g/mol. The third-order valence-electron chi connectivity index (χ3n) is 3.53. The number of unbranched alkanes of at least 4 members (excludes halogenated alkanes) is 1. The molecular formula is C16H24ClF2NO. The Bertz CT molecular complexity index is 415. The number of nitrogens with one attached hydrogen (secondary N) is 1. The predicted octanol–water partition coefficient (Wildman–Crippen LogP) is 5.25. The molecule has 1 aromatic rings. The molecule has 0 fully saturated rings. The number of ether oxygens (including phenoxy) is 1. The zero-order chi connectivity index (χ0) is 15.7. The standard InChI is InChI=1S/C16H24ClF2NO/c1-3-5-6-12(4-2)10-20-11-13-9-14(17)7-8-15(13)21-16(18)19/h7-9,12,16,20H,3-6,10-11H2,1-2H3. The van der Waals surface area contributed by atoms with Crippen LogP contribution in [0.4, 0.5) is 8.78 Å². The second kappa shape index (κ2) is 9.96. The van der Waals surface area contributed by atoms with E-state index in [9.17, 15) is 8.78 Å². The van der Waals surface area contributed by atoms with Crippen LogP contribution in [0.5, 0.6) is 5.75 Å². The van der Waals surface area contributed by atoms with Crippen molar-refractivity contribution in [3.8, 4) is 5.75 Å². The first-order valence-electron chi connectivity index (χ1n) is 7.50. The van der Waals surface area contributed by atoms with Crippen molar-refractivity contribution < 1.29 is 13.5 Å². The Labute approximate surface area is 130 Å². The fraction of sp³-hybridized carbons (Fsp3) is 0.625. The molecule has 1 N–H and O–H groups in total. The van der Waals surface area contributed by atoms with Crippen LogP contribution in [0.25, 0.3) is 0 Å². The van der Waals surface area contributed by atoms with E-state index in [1.54, 1.807) is 12.1 Å². The average molecular weight is 320 g/mol. The summed E-state index contributed by atoms with van der Waals surface area (Å²) in [6, 6.07) is 4.71. The lowest BCUT2D eigenvalue weighted by molar-refractivity contribution is -0.0505. The molecule has 5 heteroatoms. The van der Waals surface area contributed by atoms with Gasteiger partial charge in [0, 0.05) is 17.1 Å². The van der Waals surface area contributed by atoms with E-state index in [2.05, 4.69) is 23.9 Å². The Morgan fingerprint density at radius 2 is 2.05 bits per heavy atom. The van der Waals surface area contributed by atoms with Gasteiger partial charge in [-0.15, -0.1) is 0 Å². The van der Waals surface area contributed by atoms with Crippen LogP contribution in [0.2, 0.25) is 5.02 Å². The minimum atomic E-state index is -2.82. The monoisotopic (exact) mass is 319 g/mol. The molecule has 1 rings (SSSR count). The van der Waals surface area contributed by atoms with Gasteiger partial charge >= 0.3 is 6.61 Å². The number of hydrogen-bond donors (Lipinski definition) is 1. The highest BCUT2D eigenvalue weighted by Gasteiger charge is 2.11. The first-order chi connectivity index (χ1) is 10.1. The molecule has 0 aromatic heterocycles. The molecule has 1 unspecified atom stereocenters. The van der Waals surface area contributed by atoms with Crippen molar-refractivity contribution in [1.82, 2.24) is 5.32 Å². The molecule has 0 aliphatic rings. The van der Waals surface area contributed by atoms with Crippen LogP contribution < -0.4 is 10.1 Å². The Balaban J connectivity index is 2.55. The van der Waals surface area contributed by atoms with Crippen molar-refractivity contribution in [2.75, 3.05) is 6.54 Å². The van der Waals surface area contributed by atoms with Gasteiger partial charge in [-0.3, -0.25) is 0 Å². The quantitative estimate of drug-likeness (QED) is 0.636. The number of alkyl halides is 2. The van der Waals surface area contributed by atoms with Gasteiger partial charge in [-0.2, -0.15) is 8.78 Å². The van der Waals surface area contributed by atoms with Crippen molar-refractivity contribution in [2.45, 2.75) is 52.7 Å². The molecule has 0 spiro atoms. The van der Waals surface area contributed by atoms with Gasteiger partial charge < -0.3 is 10.1 Å². The molecule has 0 saturated carbocycles. The highest BCUT2D eigenvalue weighted by Crippen LogP contribution is 2.24. The SMILES string of the molecule is CCCCC(CC)CNCc1cc(Cl)ccc1OC(F)F. The summed E-state index contributed by atoms with van der Waals surface area (Å²) in [5.41, 5.74) is 0.660. The van der Waals surface area contributed by atoms with Crippen LogP contribution in [0.3, 0.4) is 0 Å². The van der Waals surface area contributed by atoms with Gasteiger partial charge in [-0.1, -0.05) is 44.7 Å². The van der Waals surface area contributed by atoms with E-state index in [1.807, 2.05) is 0 Å². The molecule has 1 atom stereocenters. The molecule has 0 saturated heterocycles. The van der Waals surface area contributed by atoms with Crippen molar-refractivity contribution in [2.24, 2.45) is 5.92 Å². The van der Waals surface area contributed by atoms with Crippen LogP contribution >= 0.6 is 11.6 Å². The maximum absolute atomic E-state index is 12.4. The lowest BCUT2D eigenvalue weighted by Gasteiger charge is -2.16. The van der Waals surface area contributed by atoms with Gasteiger partial charge in [0.1, 0.15) is 5.75 Å². The van der Waals surface area contributed by atoms with E-state index in [1.165, 1.54) is 25.3 Å². The third-order valence-corrected chi connectivity index (χ3v) is 3.77. The second-order valence-corrected chi connectivity index (χ2v) is 5.61. The molecule has 120 valence electrons. The topological polar surface area (TPSA) is 21.3 Å². The molecule has 0 aliphatic heterocycles. The van der Waals surface area contributed by atoms with Crippen molar-refractivity contribution >= 4 is 11.6 Å². The zero-order valence-electron chi connectivity index (χ0n) is 12.7. The summed E-state index contributed by atoms with van der Waals surface area (Å²) in [5, 5.41) is 3.84. The summed E-state index contributed by atoms with van der Waals surface area (Å²) >= 11 is 5.92. The highest BCUT2D eigenvalue weighted by atomic mass is 35.5. The average Bonchev–Trinajstić information content (AvgIpc) is 2.45. The summed E-state index contributed by atoms with van der Waals surface area (Å²) in [4.78, 5) is 0. The van der Waals surface area contributed by atoms with E-state index < -0.39 is 6.61 Å². The predicted molar refractivity (Wildman–Crippen MR) is 83.1 cm³/mol. The van der Waals surface area contributed by atoms with Crippen LogP contribution in [0.1, 0.15) is 45.1 Å². The Morgan fingerprint density at radius 3 is 2.67 bits per heavy atom. The number of rotatable bonds is 10. The van der Waals surface area contributed by atoms with Crippen LogP contribution in [-0.4, -0.2) is 13.2 Å². The van der Waals surface area contributed by atoms with Crippen molar-refractivity contribution in [1.29, 1.82) is 0 Å². The summed E-state index contributed by atoms with van der Waals surface area (Å²) < 4.78 is 29.3. The van der Waals surface area contributed by atoms with E-state index in [-0.39, 0.29) is 5.75 Å². The molecule has 0 radical (unpaired) electrons. The molecule has 0 heterocycles. The number of benzene rings is 1. The fourth-order valence-electron chi connectivity index (χ4n) is 2.25. The van der Waals surface area contributed by atoms with Crippen molar-refractivity contribution in [3.63, 3.8) is 0 Å². The largest absolute Gasteiger partial charge is 0.434 e. The van der Waals surface area contributed by atoms with Crippen molar-refractivity contribution in [3.05, 3.63) is 28.8 Å². The lowest BCUT2D eigenvalue weighted by Crippen LogP contribution is -2.22. The van der Waals surface area contributed by atoms with Gasteiger partial charge in [0.05, 0.1) is 0 Å². The Kier molecular flexibility index (Phi) is 8.62. The van der Waals surface area contributed by atoms with E-state index >= 15 is 0 Å². The smallest absolute Gasteiger partial charge is 0.387 e. The number of halogens is 3. The van der Waals surface area contributed by atoms with E-state index in [0.717, 1.165) is 13.0 Å². The normalized spacial score (nSPS) is 12.7. The molecule has 0 amide bonds. The van der Waals surface area contributed by atoms with Gasteiger partial charge in [0.15, 0.2) is 0 Å². The minimum Gasteiger partial charge on any atom is -0.434 e. The summed E-state index contributed by atoms with van der Waals surface area (Å²) in [6.07, 6.45) is 4.72. The van der Waals surface area contributed by atoms with Gasteiger partial charge in [0.25, 0.3) is 0 Å². The molecule has 2 nitrogen and oxygen atoms in total. The van der Waals surface area contributed by atoms with Crippen LogP contribution in [-0.2, 0) is 6.54 Å². The Hall–Kier alpha value is -0.870. The maximum atomic E-state index is 12.4. The van der Waals surface area contributed by atoms with Gasteiger partial charge in [0.2, 0.25) is 0 Å². The van der Waals surface area contributed by atoms with Gasteiger partial charge in [-0.25, -0.2) is 0 Å². The first kappa shape index (κ1) is 18.2. The third kappa shape index (κ3) is 7.09. The second-order valence-electron chi connectivity index (χ2n) is 5.18. The zero-order valence-corrected chi connectivity index (χ0v) is 13.4. The molecule has 0 bridgehead atoms. The summed E-state index contributed by atoms with van der Waals surface area (Å²) in [7, 11) is 0. The van der Waals surface area contributed by atoms with E-state index in [4.69, 9.17) is 11.6 Å². The summed E-state index contributed by atoms with van der Waals surface area (Å²) in [6.45, 7) is 2.88. The van der Waals surface area contributed by atoms with Crippen LogP contribution in [0, 0.1) is 5.92 Å². The maximum Gasteiger partial charge on any atom is 0.387 e. The molecule has 1 aromatic carbocycles. The highest BCUT2D eigenvalue weighted by molar-refractivity contribution is 6.30. The van der Waals surface area contributed by atoms with Gasteiger partial charge in [-0.05, 0) is 37.1 Å². The first-order valence-corrected chi connectivity index (χ1v) is 7.88. The molecule has 21 heavy (non-hydrogen) atoms. The summed E-state index contributed by atoms with van der Waals surface area (Å²) in [5.74, 6) is 0.798. The number of hydrogen-bond acceptors (Lipinski definition) is 2. The Morgan fingerprint density at radius 1 is 1.29 bits per heavy atom. The fourth-order valence-corrected chi connectivity index (χ4v) is 2.45. The minimum absolute atomic E-state index is 0.184.